The van der Waals surface area contributed by atoms with Gasteiger partial charge in [0.2, 0.25) is 0 Å². The molecule has 0 atom stereocenters. The standard InChI is InChI=1S/C54H37NSSi/c1-4-20-42(21-5-1)57(43-22-6-2-7-23-43,44-24-8-3-9-25-44)45-36-40(35-41(37-45)55-51-31-13-10-26-47(51)48-27-11-14-32-52(48)55)38-18-16-19-39(34-38)46-29-17-30-50-49-28-12-15-33-53(49)56-54(46)50/h1-37H. The van der Waals surface area contributed by atoms with E-state index < -0.39 is 8.07 Å². The van der Waals surface area contributed by atoms with Crippen LogP contribution in [-0.4, -0.2) is 12.6 Å². The Morgan fingerprint density at radius 3 is 1.47 bits per heavy atom. The van der Waals surface area contributed by atoms with Crippen molar-refractivity contribution in [2.24, 2.45) is 0 Å². The summed E-state index contributed by atoms with van der Waals surface area (Å²) in [5, 5.41) is 10.6. The molecule has 0 aliphatic rings. The number of aromatic nitrogens is 1. The molecular formula is C54H37NSSi. The Morgan fingerprint density at radius 1 is 0.333 bits per heavy atom. The monoisotopic (exact) mass is 759 g/mol. The summed E-state index contributed by atoms with van der Waals surface area (Å²) in [5.74, 6) is 0. The van der Waals surface area contributed by atoms with Crippen LogP contribution in [0.5, 0.6) is 0 Å². The first kappa shape index (κ1) is 33.5. The van der Waals surface area contributed by atoms with Crippen LogP contribution in [0.4, 0.5) is 0 Å². The Kier molecular flexibility index (Phi) is 8.09. The number of fused-ring (bicyclic) bond motifs is 6. The third kappa shape index (κ3) is 5.43. The zero-order chi connectivity index (χ0) is 37.8. The second-order valence-corrected chi connectivity index (χ2v) is 19.7. The molecule has 2 aromatic heterocycles. The van der Waals surface area contributed by atoms with E-state index >= 15 is 0 Å². The molecule has 11 aromatic rings. The minimum Gasteiger partial charge on any atom is -0.309 e. The van der Waals surface area contributed by atoms with Crippen molar-refractivity contribution >= 4 is 82.1 Å². The van der Waals surface area contributed by atoms with Gasteiger partial charge in [0.1, 0.15) is 0 Å². The van der Waals surface area contributed by atoms with E-state index in [0.29, 0.717) is 0 Å². The number of nitrogens with zero attached hydrogens (tertiary/aromatic N) is 1. The van der Waals surface area contributed by atoms with Crippen molar-refractivity contribution in [2.75, 3.05) is 0 Å². The van der Waals surface area contributed by atoms with Crippen molar-refractivity contribution in [3.8, 4) is 27.9 Å². The van der Waals surface area contributed by atoms with Crippen LogP contribution < -0.4 is 20.7 Å². The summed E-state index contributed by atoms with van der Waals surface area (Å²) in [6, 6.07) is 83.7. The van der Waals surface area contributed by atoms with Gasteiger partial charge < -0.3 is 4.57 Å². The predicted octanol–water partition coefficient (Wildman–Crippen LogP) is 11.9. The third-order valence-corrected chi connectivity index (χ3v) is 17.7. The van der Waals surface area contributed by atoms with Crippen LogP contribution in [0.3, 0.4) is 0 Å². The second kappa shape index (κ2) is 13.8. The molecule has 0 bridgehead atoms. The summed E-state index contributed by atoms with van der Waals surface area (Å²) >= 11 is 1.89. The van der Waals surface area contributed by atoms with Crippen LogP contribution in [0.15, 0.2) is 224 Å². The van der Waals surface area contributed by atoms with Gasteiger partial charge >= 0.3 is 0 Å². The maximum Gasteiger partial charge on any atom is 0.179 e. The minimum atomic E-state index is -2.89. The van der Waals surface area contributed by atoms with Gasteiger partial charge in [0.25, 0.3) is 0 Å². The van der Waals surface area contributed by atoms with Gasteiger partial charge in [-0.3, -0.25) is 0 Å². The summed E-state index contributed by atoms with van der Waals surface area (Å²) in [6.07, 6.45) is 0. The average Bonchev–Trinajstić information content (AvgIpc) is 3.84. The van der Waals surface area contributed by atoms with Gasteiger partial charge in [-0.1, -0.05) is 188 Å². The number of hydrogen-bond donors (Lipinski definition) is 0. The van der Waals surface area contributed by atoms with Crippen molar-refractivity contribution in [2.45, 2.75) is 0 Å². The fourth-order valence-electron chi connectivity index (χ4n) is 9.23. The van der Waals surface area contributed by atoms with Crippen LogP contribution >= 0.6 is 11.3 Å². The van der Waals surface area contributed by atoms with Gasteiger partial charge in [-0.2, -0.15) is 0 Å². The molecule has 0 amide bonds. The normalized spacial score (nSPS) is 11.9. The van der Waals surface area contributed by atoms with Crippen molar-refractivity contribution in [1.29, 1.82) is 0 Å². The number of thiophene rings is 1. The van der Waals surface area contributed by atoms with Crippen molar-refractivity contribution in [3.05, 3.63) is 224 Å². The van der Waals surface area contributed by atoms with E-state index in [4.69, 9.17) is 0 Å². The van der Waals surface area contributed by atoms with Crippen LogP contribution in [0.2, 0.25) is 0 Å². The zero-order valence-electron chi connectivity index (χ0n) is 31.2. The van der Waals surface area contributed by atoms with Gasteiger partial charge in [0.15, 0.2) is 8.07 Å². The van der Waals surface area contributed by atoms with E-state index in [-0.39, 0.29) is 0 Å². The lowest BCUT2D eigenvalue weighted by molar-refractivity contribution is 1.18. The van der Waals surface area contributed by atoms with Crippen LogP contribution in [0.1, 0.15) is 0 Å². The molecule has 1 nitrogen and oxygen atoms in total. The van der Waals surface area contributed by atoms with Crippen LogP contribution in [0.25, 0.3) is 69.9 Å². The Morgan fingerprint density at radius 2 is 0.842 bits per heavy atom. The molecule has 11 rings (SSSR count). The molecule has 0 radical (unpaired) electrons. The fraction of sp³-hybridized carbons (Fsp3) is 0. The summed E-state index contributed by atoms with van der Waals surface area (Å²) in [7, 11) is -2.89. The maximum atomic E-state index is 2.51. The molecule has 0 saturated carbocycles. The molecule has 0 N–H and O–H groups in total. The van der Waals surface area contributed by atoms with E-state index in [9.17, 15) is 0 Å². The highest BCUT2D eigenvalue weighted by molar-refractivity contribution is 7.26. The molecule has 0 unspecified atom stereocenters. The highest BCUT2D eigenvalue weighted by Crippen LogP contribution is 2.41. The summed E-state index contributed by atoms with van der Waals surface area (Å²) in [6.45, 7) is 0. The number of para-hydroxylation sites is 2. The minimum absolute atomic E-state index is 1.16. The number of rotatable bonds is 7. The average molecular weight is 760 g/mol. The van der Waals surface area contributed by atoms with Gasteiger partial charge in [-0.15, -0.1) is 11.3 Å². The summed E-state index contributed by atoms with van der Waals surface area (Å²) < 4.78 is 5.14. The number of hydrogen-bond acceptors (Lipinski definition) is 1. The molecule has 0 fully saturated rings. The summed E-state index contributed by atoms with van der Waals surface area (Å²) in [5.41, 5.74) is 8.48. The predicted molar refractivity (Wildman–Crippen MR) is 248 cm³/mol. The highest BCUT2D eigenvalue weighted by Gasteiger charge is 2.42. The molecule has 2 heterocycles. The molecule has 0 aliphatic heterocycles. The molecule has 57 heavy (non-hydrogen) atoms. The van der Waals surface area contributed by atoms with E-state index in [1.54, 1.807) is 0 Å². The van der Waals surface area contributed by atoms with E-state index in [1.165, 1.54) is 85.0 Å². The van der Waals surface area contributed by atoms with Crippen molar-refractivity contribution < 1.29 is 0 Å². The highest BCUT2D eigenvalue weighted by atomic mass is 32.1. The van der Waals surface area contributed by atoms with Gasteiger partial charge in [-0.05, 0) is 79.4 Å². The zero-order valence-corrected chi connectivity index (χ0v) is 33.0. The third-order valence-electron chi connectivity index (χ3n) is 11.7. The van der Waals surface area contributed by atoms with Gasteiger partial charge in [0, 0.05) is 36.6 Å². The molecule has 0 spiro atoms. The second-order valence-electron chi connectivity index (χ2n) is 14.8. The maximum absolute atomic E-state index is 2.89. The molecule has 9 aromatic carbocycles. The Hall–Kier alpha value is -6.78. The largest absolute Gasteiger partial charge is 0.309 e. The molecule has 3 heteroatoms. The first-order valence-electron chi connectivity index (χ1n) is 19.6. The lowest BCUT2D eigenvalue weighted by Gasteiger charge is -2.35. The van der Waals surface area contributed by atoms with Crippen LogP contribution in [-0.2, 0) is 0 Å². The SMILES string of the molecule is c1ccc([Si](c2ccccc2)(c2ccccc2)c2cc(-c3cccc(-c4cccc5c4sc4ccccc45)c3)cc(-n3c4ccccc4c4ccccc43)c2)cc1. The van der Waals surface area contributed by atoms with E-state index in [2.05, 4.69) is 229 Å². The molecular weight excluding hydrogens is 723 g/mol. The van der Waals surface area contributed by atoms with Gasteiger partial charge in [0.05, 0.1) is 11.0 Å². The Labute approximate surface area is 337 Å². The van der Waals surface area contributed by atoms with Crippen molar-refractivity contribution in [3.63, 3.8) is 0 Å². The summed E-state index contributed by atoms with van der Waals surface area (Å²) in [4.78, 5) is 0. The van der Waals surface area contributed by atoms with Gasteiger partial charge in [-0.25, -0.2) is 0 Å². The Balaban J connectivity index is 1.23. The lowest BCUT2D eigenvalue weighted by Crippen LogP contribution is -2.74. The first-order chi connectivity index (χ1) is 28.3. The smallest absolute Gasteiger partial charge is 0.179 e. The quantitative estimate of drug-likeness (QED) is 0.113. The first-order valence-corrected chi connectivity index (χ1v) is 22.4. The topological polar surface area (TPSA) is 4.93 Å². The van der Waals surface area contributed by atoms with E-state index in [0.717, 1.165) is 5.69 Å². The number of benzene rings is 9. The molecule has 0 aliphatic carbocycles. The molecule has 0 saturated heterocycles. The Bertz CT molecular complexity index is 3080. The van der Waals surface area contributed by atoms with Crippen molar-refractivity contribution in [1.82, 2.24) is 4.57 Å². The van der Waals surface area contributed by atoms with E-state index in [1.807, 2.05) is 11.3 Å². The van der Waals surface area contributed by atoms with Crippen LogP contribution in [0, 0.1) is 0 Å². The molecule has 268 valence electrons. The lowest BCUT2D eigenvalue weighted by atomic mass is 9.97. The fourth-order valence-corrected chi connectivity index (χ4v) is 15.3.